The summed E-state index contributed by atoms with van der Waals surface area (Å²) in [6, 6.07) is 4.28. The van der Waals surface area contributed by atoms with Crippen LogP contribution in [-0.4, -0.2) is 15.2 Å². The van der Waals surface area contributed by atoms with E-state index in [1.165, 1.54) is 28.0 Å². The average Bonchev–Trinajstić information content (AvgIpc) is 2.81. The summed E-state index contributed by atoms with van der Waals surface area (Å²) in [4.78, 5) is 16.5. The fourth-order valence-corrected chi connectivity index (χ4v) is 3.93. The molecule has 0 radical (unpaired) electrons. The predicted molar refractivity (Wildman–Crippen MR) is 92.9 cm³/mol. The lowest BCUT2D eigenvalue weighted by Gasteiger charge is -2.08. The number of halogens is 2. The third kappa shape index (κ3) is 3.00. The van der Waals surface area contributed by atoms with Crippen LogP contribution in [0.3, 0.4) is 0 Å². The molecule has 1 heterocycles. The molecule has 1 aromatic carbocycles. The fraction of sp³-hybridized carbons (Fsp3) is 0.375. The second kappa shape index (κ2) is 5.52. The Bertz CT molecular complexity index is 731. The zero-order valence-corrected chi connectivity index (χ0v) is 14.9. The normalized spacial score (nSPS) is 19.0. The van der Waals surface area contributed by atoms with Crippen LogP contribution in [0.25, 0.3) is 11.3 Å². The van der Waals surface area contributed by atoms with Gasteiger partial charge in [-0.25, -0.2) is 4.98 Å². The van der Waals surface area contributed by atoms with Crippen molar-refractivity contribution in [2.45, 2.75) is 31.5 Å². The zero-order valence-electron chi connectivity index (χ0n) is 12.5. The molecule has 0 saturated heterocycles. The number of hydrogen-bond donors (Lipinski definition) is 1. The first-order chi connectivity index (χ1) is 10.3. The number of benzene rings is 1. The van der Waals surface area contributed by atoms with Crippen LogP contribution < -0.4 is 5.32 Å². The smallest absolute Gasteiger partial charge is 0.232 e. The molecule has 1 amide bonds. The van der Waals surface area contributed by atoms with Crippen LogP contribution in [0.2, 0.25) is 0 Å². The molecule has 116 valence electrons. The topological polar surface area (TPSA) is 42.0 Å². The first kappa shape index (κ1) is 15.8. The molecule has 1 unspecified atom stereocenters. The van der Waals surface area contributed by atoms with Gasteiger partial charge in [-0.15, -0.1) is 34.5 Å². The van der Waals surface area contributed by atoms with Crippen LogP contribution in [0, 0.1) is 26.7 Å². The number of anilines is 1. The maximum Gasteiger partial charge on any atom is 0.232 e. The van der Waals surface area contributed by atoms with E-state index in [0.29, 0.717) is 11.6 Å². The number of carbonyl (C=O) groups excluding carboxylic acids is 1. The first-order valence-corrected chi connectivity index (χ1v) is 8.64. The molecular weight excluding hydrogens is 339 g/mol. The highest BCUT2D eigenvalue weighted by Gasteiger charge is 2.56. The predicted octanol–water partition coefficient (Wildman–Crippen LogP) is 4.87. The van der Waals surface area contributed by atoms with Gasteiger partial charge in [0.2, 0.25) is 5.91 Å². The molecule has 1 saturated carbocycles. The second-order valence-corrected chi connectivity index (χ2v) is 8.22. The summed E-state index contributed by atoms with van der Waals surface area (Å²) in [7, 11) is 0. The van der Waals surface area contributed by atoms with Crippen molar-refractivity contribution in [3.8, 4) is 11.3 Å². The van der Waals surface area contributed by atoms with Crippen LogP contribution in [0.1, 0.15) is 23.1 Å². The minimum atomic E-state index is -0.908. The largest absolute Gasteiger partial charge is 0.302 e. The van der Waals surface area contributed by atoms with E-state index in [2.05, 4.69) is 43.2 Å². The van der Waals surface area contributed by atoms with Gasteiger partial charge < -0.3 is 5.32 Å². The van der Waals surface area contributed by atoms with Crippen molar-refractivity contribution in [1.82, 2.24) is 4.98 Å². The van der Waals surface area contributed by atoms with E-state index in [4.69, 9.17) is 23.2 Å². The Balaban J connectivity index is 1.81. The minimum Gasteiger partial charge on any atom is -0.302 e. The highest BCUT2D eigenvalue weighted by Crippen LogP contribution is 2.53. The van der Waals surface area contributed by atoms with Gasteiger partial charge in [0.05, 0.1) is 11.6 Å². The molecule has 1 aromatic heterocycles. The summed E-state index contributed by atoms with van der Waals surface area (Å²) in [6.45, 7) is 6.23. The summed E-state index contributed by atoms with van der Waals surface area (Å²) < 4.78 is -0.908. The van der Waals surface area contributed by atoms with Crippen molar-refractivity contribution in [3.05, 3.63) is 34.2 Å². The minimum absolute atomic E-state index is 0.164. The van der Waals surface area contributed by atoms with E-state index >= 15 is 0 Å². The van der Waals surface area contributed by atoms with Crippen molar-refractivity contribution < 1.29 is 4.79 Å². The number of amides is 1. The number of nitrogens with zero attached hydrogens (tertiary/aromatic N) is 1. The quantitative estimate of drug-likeness (QED) is 0.799. The number of thiazole rings is 1. The molecule has 1 atom stereocenters. The molecule has 1 aliphatic carbocycles. The number of carbonyl (C=O) groups is 1. The van der Waals surface area contributed by atoms with Gasteiger partial charge in [-0.3, -0.25) is 4.79 Å². The zero-order chi connectivity index (χ0) is 16.1. The molecule has 3 nitrogen and oxygen atoms in total. The highest BCUT2D eigenvalue weighted by molar-refractivity contribution is 7.14. The Labute approximate surface area is 143 Å². The molecule has 2 aromatic rings. The van der Waals surface area contributed by atoms with Crippen molar-refractivity contribution in [2.24, 2.45) is 5.92 Å². The van der Waals surface area contributed by atoms with E-state index in [1.54, 1.807) is 0 Å². The number of alkyl halides is 2. The lowest BCUT2D eigenvalue weighted by Crippen LogP contribution is -2.16. The Kier molecular flexibility index (Phi) is 3.96. The van der Waals surface area contributed by atoms with E-state index < -0.39 is 4.33 Å². The Morgan fingerprint density at radius 3 is 2.45 bits per heavy atom. The van der Waals surface area contributed by atoms with Gasteiger partial charge in [-0.05, 0) is 38.3 Å². The molecule has 1 aliphatic rings. The molecule has 3 rings (SSSR count). The number of rotatable bonds is 3. The summed E-state index contributed by atoms with van der Waals surface area (Å²) in [5, 5.41) is 5.34. The van der Waals surface area contributed by atoms with Gasteiger partial charge in [-0.1, -0.05) is 17.7 Å². The van der Waals surface area contributed by atoms with Gasteiger partial charge >= 0.3 is 0 Å². The number of hydrogen-bond acceptors (Lipinski definition) is 3. The van der Waals surface area contributed by atoms with Gasteiger partial charge in [0.25, 0.3) is 0 Å². The molecular formula is C16H16Cl2N2OS. The Hall–Kier alpha value is -1.10. The number of aromatic nitrogens is 1. The van der Waals surface area contributed by atoms with Crippen LogP contribution >= 0.6 is 34.5 Å². The van der Waals surface area contributed by atoms with E-state index in [-0.39, 0.29) is 11.8 Å². The van der Waals surface area contributed by atoms with E-state index in [9.17, 15) is 4.79 Å². The Morgan fingerprint density at radius 2 is 1.91 bits per heavy atom. The Morgan fingerprint density at radius 1 is 1.32 bits per heavy atom. The molecule has 6 heteroatoms. The summed E-state index contributed by atoms with van der Waals surface area (Å²) in [6.07, 6.45) is 0.496. The maximum atomic E-state index is 12.0. The van der Waals surface area contributed by atoms with E-state index in [0.717, 1.165) is 11.3 Å². The van der Waals surface area contributed by atoms with Gasteiger partial charge in [0.1, 0.15) is 4.33 Å². The SMILES string of the molecule is Cc1cc(C)c(-c2csc(NC(=O)C3CC3(Cl)Cl)n2)c(C)c1. The van der Waals surface area contributed by atoms with Crippen molar-refractivity contribution in [2.75, 3.05) is 5.32 Å². The molecule has 1 N–H and O–H groups in total. The van der Waals surface area contributed by atoms with Crippen molar-refractivity contribution in [1.29, 1.82) is 0 Å². The fourth-order valence-electron chi connectivity index (χ4n) is 2.72. The van der Waals surface area contributed by atoms with Crippen molar-refractivity contribution in [3.63, 3.8) is 0 Å². The van der Waals surface area contributed by atoms with Gasteiger partial charge in [0.15, 0.2) is 5.13 Å². The van der Waals surface area contributed by atoms with Gasteiger partial charge in [0, 0.05) is 10.9 Å². The summed E-state index contributed by atoms with van der Waals surface area (Å²) in [5.74, 6) is -0.505. The van der Waals surface area contributed by atoms with Crippen LogP contribution in [0.5, 0.6) is 0 Å². The van der Waals surface area contributed by atoms with Crippen LogP contribution in [0.15, 0.2) is 17.5 Å². The summed E-state index contributed by atoms with van der Waals surface area (Å²) >= 11 is 13.2. The monoisotopic (exact) mass is 354 g/mol. The average molecular weight is 355 g/mol. The second-order valence-electron chi connectivity index (χ2n) is 5.82. The maximum absolute atomic E-state index is 12.0. The third-order valence-electron chi connectivity index (χ3n) is 3.81. The number of nitrogens with one attached hydrogen (secondary N) is 1. The molecule has 0 aliphatic heterocycles. The van der Waals surface area contributed by atoms with Gasteiger partial charge in [-0.2, -0.15) is 0 Å². The van der Waals surface area contributed by atoms with Crippen molar-refractivity contribution >= 4 is 45.6 Å². The molecule has 0 bridgehead atoms. The lowest BCUT2D eigenvalue weighted by molar-refractivity contribution is -0.117. The third-order valence-corrected chi connectivity index (χ3v) is 5.40. The molecule has 0 spiro atoms. The van der Waals surface area contributed by atoms with Crippen LogP contribution in [0.4, 0.5) is 5.13 Å². The lowest BCUT2D eigenvalue weighted by atomic mass is 9.98. The molecule has 22 heavy (non-hydrogen) atoms. The molecule has 1 fully saturated rings. The first-order valence-electron chi connectivity index (χ1n) is 7.00. The van der Waals surface area contributed by atoms with Crippen LogP contribution in [-0.2, 0) is 4.79 Å². The summed E-state index contributed by atoms with van der Waals surface area (Å²) in [5.41, 5.74) is 5.61. The number of aryl methyl sites for hydroxylation is 3. The van der Waals surface area contributed by atoms with E-state index in [1.807, 2.05) is 5.38 Å². The standard InChI is InChI=1S/C16H16Cl2N2OS/c1-8-4-9(2)13(10(3)5-8)12-7-22-15(19-12)20-14(21)11-6-16(11,17)18/h4-5,7,11H,6H2,1-3H3,(H,19,20,21). The highest BCUT2D eigenvalue weighted by atomic mass is 35.5.